The molecule has 1 aromatic heterocycles. The molecule has 1 aliphatic rings. The number of carbonyl (C=O) groups excluding carboxylic acids is 1. The highest BCUT2D eigenvalue weighted by molar-refractivity contribution is 6.16. The van der Waals surface area contributed by atoms with Gasteiger partial charge < -0.3 is 11.1 Å². The SMILES string of the molecule is Nc1ccc(C(F)(F)F)nc1C(=Nc1ccccc1)c1ccc2c(c1)CC(=O)N2. The van der Waals surface area contributed by atoms with Crippen LogP contribution in [0.2, 0.25) is 0 Å². The fraction of sp³-hybridized carbons (Fsp3) is 0.0952. The Balaban J connectivity index is 1.91. The fourth-order valence-corrected chi connectivity index (χ4v) is 3.08. The van der Waals surface area contributed by atoms with Crippen molar-refractivity contribution in [3.8, 4) is 0 Å². The summed E-state index contributed by atoms with van der Waals surface area (Å²) in [5, 5.41) is 2.73. The molecule has 0 spiro atoms. The predicted octanol–water partition coefficient (Wildman–Crippen LogP) is 4.35. The lowest BCUT2D eigenvalue weighted by Crippen LogP contribution is -2.15. The minimum Gasteiger partial charge on any atom is -0.397 e. The number of nitrogens with one attached hydrogen (secondary N) is 1. The number of amides is 1. The van der Waals surface area contributed by atoms with Crippen LogP contribution in [0.1, 0.15) is 22.5 Å². The number of nitrogens with two attached hydrogens (primary N) is 1. The van der Waals surface area contributed by atoms with Gasteiger partial charge in [0.25, 0.3) is 0 Å². The first-order valence-electron chi connectivity index (χ1n) is 8.72. The van der Waals surface area contributed by atoms with Gasteiger partial charge in [-0.1, -0.05) is 24.3 Å². The number of nitrogens with zero attached hydrogens (tertiary/aromatic N) is 2. The average molecular weight is 396 g/mol. The predicted molar refractivity (Wildman–Crippen MR) is 104 cm³/mol. The summed E-state index contributed by atoms with van der Waals surface area (Å²) in [6.45, 7) is 0. The largest absolute Gasteiger partial charge is 0.433 e. The number of hydrogen-bond acceptors (Lipinski definition) is 4. The van der Waals surface area contributed by atoms with Gasteiger partial charge in [0.05, 0.1) is 23.5 Å². The van der Waals surface area contributed by atoms with E-state index in [0.29, 0.717) is 16.9 Å². The van der Waals surface area contributed by atoms with Gasteiger partial charge in [0.15, 0.2) is 0 Å². The van der Waals surface area contributed by atoms with Crippen LogP contribution in [0.25, 0.3) is 0 Å². The zero-order valence-corrected chi connectivity index (χ0v) is 15.0. The van der Waals surface area contributed by atoms with Crippen LogP contribution >= 0.6 is 0 Å². The van der Waals surface area contributed by atoms with E-state index in [-0.39, 0.29) is 29.4 Å². The van der Waals surface area contributed by atoms with E-state index in [9.17, 15) is 18.0 Å². The van der Waals surface area contributed by atoms with Gasteiger partial charge in [-0.05, 0) is 42.0 Å². The Kier molecular flexibility index (Phi) is 4.54. The second kappa shape index (κ2) is 7.05. The molecule has 3 N–H and O–H groups in total. The number of anilines is 2. The number of alkyl halides is 3. The zero-order valence-electron chi connectivity index (χ0n) is 15.0. The molecule has 3 aromatic rings. The molecule has 0 fully saturated rings. The molecule has 0 atom stereocenters. The monoisotopic (exact) mass is 396 g/mol. The van der Waals surface area contributed by atoms with Crippen LogP contribution in [0.4, 0.5) is 30.2 Å². The van der Waals surface area contributed by atoms with Crippen LogP contribution in [0.15, 0.2) is 65.7 Å². The van der Waals surface area contributed by atoms with Gasteiger partial charge in [0, 0.05) is 11.3 Å². The van der Waals surface area contributed by atoms with E-state index in [1.54, 1.807) is 42.5 Å². The summed E-state index contributed by atoms with van der Waals surface area (Å²) in [6.07, 6.45) is -4.43. The van der Waals surface area contributed by atoms with E-state index in [1.807, 2.05) is 6.07 Å². The Morgan fingerprint density at radius 3 is 2.55 bits per heavy atom. The number of carbonyl (C=O) groups is 1. The summed E-state index contributed by atoms with van der Waals surface area (Å²) >= 11 is 0. The van der Waals surface area contributed by atoms with Crippen molar-refractivity contribution in [2.45, 2.75) is 12.6 Å². The molecular formula is C21H15F3N4O. The van der Waals surface area contributed by atoms with Crippen LogP contribution < -0.4 is 11.1 Å². The van der Waals surface area contributed by atoms with E-state index in [0.717, 1.165) is 11.6 Å². The van der Waals surface area contributed by atoms with Gasteiger partial charge in [-0.15, -0.1) is 0 Å². The molecule has 29 heavy (non-hydrogen) atoms. The summed E-state index contributed by atoms with van der Waals surface area (Å²) < 4.78 is 39.7. The second-order valence-corrected chi connectivity index (χ2v) is 6.52. The van der Waals surface area contributed by atoms with Crippen LogP contribution in [0, 0.1) is 0 Å². The summed E-state index contributed by atoms with van der Waals surface area (Å²) in [7, 11) is 0. The molecule has 2 heterocycles. The lowest BCUT2D eigenvalue weighted by molar-refractivity contribution is -0.141. The Hall–Kier alpha value is -3.68. The first-order chi connectivity index (χ1) is 13.8. The molecule has 4 rings (SSSR count). The number of para-hydroxylation sites is 1. The minimum atomic E-state index is -4.62. The molecule has 1 amide bonds. The molecule has 0 aliphatic carbocycles. The van der Waals surface area contributed by atoms with Crippen LogP contribution in [-0.4, -0.2) is 16.6 Å². The number of benzene rings is 2. The highest BCUT2D eigenvalue weighted by Crippen LogP contribution is 2.31. The third-order valence-corrected chi connectivity index (χ3v) is 4.44. The highest BCUT2D eigenvalue weighted by atomic mass is 19.4. The van der Waals surface area contributed by atoms with E-state index >= 15 is 0 Å². The molecule has 8 heteroatoms. The number of hydrogen-bond donors (Lipinski definition) is 2. The molecule has 146 valence electrons. The molecule has 0 saturated carbocycles. The molecule has 0 saturated heterocycles. The molecule has 1 aliphatic heterocycles. The van der Waals surface area contributed by atoms with Gasteiger partial charge in [-0.2, -0.15) is 13.2 Å². The summed E-state index contributed by atoms with van der Waals surface area (Å²) in [5.41, 5.74) is 7.58. The lowest BCUT2D eigenvalue weighted by Gasteiger charge is -2.13. The number of rotatable bonds is 3. The lowest BCUT2D eigenvalue weighted by atomic mass is 10.0. The van der Waals surface area contributed by atoms with Gasteiger partial charge in [-0.3, -0.25) is 4.79 Å². The number of aliphatic imine (C=N–C) groups is 1. The Morgan fingerprint density at radius 1 is 1.07 bits per heavy atom. The second-order valence-electron chi connectivity index (χ2n) is 6.52. The van der Waals surface area contributed by atoms with Crippen molar-refractivity contribution < 1.29 is 18.0 Å². The number of nitrogen functional groups attached to an aromatic ring is 1. The Labute approximate surface area is 164 Å². The normalized spacial score (nSPS) is 13.9. The van der Waals surface area contributed by atoms with E-state index in [1.165, 1.54) is 6.07 Å². The van der Waals surface area contributed by atoms with Crippen LogP contribution in [0.3, 0.4) is 0 Å². The van der Waals surface area contributed by atoms with Gasteiger partial charge >= 0.3 is 6.18 Å². The van der Waals surface area contributed by atoms with Crippen molar-refractivity contribution in [2.24, 2.45) is 4.99 Å². The number of pyridine rings is 1. The average Bonchev–Trinajstić information content (AvgIpc) is 3.06. The zero-order chi connectivity index (χ0) is 20.6. The van der Waals surface area contributed by atoms with Crippen molar-refractivity contribution in [2.75, 3.05) is 11.1 Å². The number of aromatic nitrogens is 1. The van der Waals surface area contributed by atoms with Crippen molar-refractivity contribution in [3.63, 3.8) is 0 Å². The molecule has 0 radical (unpaired) electrons. The molecule has 0 bridgehead atoms. The van der Waals surface area contributed by atoms with Gasteiger partial charge in [0.1, 0.15) is 11.4 Å². The van der Waals surface area contributed by atoms with Crippen molar-refractivity contribution in [3.05, 3.63) is 83.2 Å². The van der Waals surface area contributed by atoms with E-state index in [4.69, 9.17) is 5.73 Å². The van der Waals surface area contributed by atoms with Gasteiger partial charge in [0.2, 0.25) is 5.91 Å². The fourth-order valence-electron chi connectivity index (χ4n) is 3.08. The summed E-state index contributed by atoms with van der Waals surface area (Å²) in [6, 6.07) is 15.9. The van der Waals surface area contributed by atoms with Crippen molar-refractivity contribution in [1.29, 1.82) is 0 Å². The van der Waals surface area contributed by atoms with Crippen LogP contribution in [0.5, 0.6) is 0 Å². The first-order valence-corrected chi connectivity index (χ1v) is 8.72. The van der Waals surface area contributed by atoms with Gasteiger partial charge in [-0.25, -0.2) is 9.98 Å². The number of halogens is 3. The Morgan fingerprint density at radius 2 is 1.83 bits per heavy atom. The third kappa shape index (κ3) is 3.82. The molecule has 0 unspecified atom stereocenters. The van der Waals surface area contributed by atoms with E-state index < -0.39 is 11.9 Å². The maximum absolute atomic E-state index is 13.2. The standard InChI is InChI=1S/C21H15F3N4O/c22-21(23,24)17-9-7-15(25)20(28-17)19(26-14-4-2-1-3-5-14)12-6-8-16-13(10-12)11-18(29)27-16/h1-10H,11,25H2,(H,27,29). The summed E-state index contributed by atoms with van der Waals surface area (Å²) in [5.74, 6) is -0.143. The number of fused-ring (bicyclic) bond motifs is 1. The minimum absolute atomic E-state index is 0.0686. The topological polar surface area (TPSA) is 80.4 Å². The first kappa shape index (κ1) is 18.7. The third-order valence-electron chi connectivity index (χ3n) is 4.44. The quantitative estimate of drug-likeness (QED) is 0.646. The molecular weight excluding hydrogens is 381 g/mol. The van der Waals surface area contributed by atoms with E-state index in [2.05, 4.69) is 15.3 Å². The van der Waals surface area contributed by atoms with Crippen molar-refractivity contribution >= 4 is 28.7 Å². The summed E-state index contributed by atoms with van der Waals surface area (Å²) in [4.78, 5) is 19.9. The maximum atomic E-state index is 13.2. The molecule has 2 aromatic carbocycles. The Bertz CT molecular complexity index is 1120. The highest BCUT2D eigenvalue weighted by Gasteiger charge is 2.33. The smallest absolute Gasteiger partial charge is 0.397 e. The molecule has 5 nitrogen and oxygen atoms in total. The van der Waals surface area contributed by atoms with Crippen LogP contribution in [-0.2, 0) is 17.4 Å². The maximum Gasteiger partial charge on any atom is 0.433 e. The van der Waals surface area contributed by atoms with Crippen molar-refractivity contribution in [1.82, 2.24) is 4.98 Å².